The normalized spacial score (nSPS) is 33.1. The number of carbonyl (C=O) groups excluding carboxylic acids is 1. The van der Waals surface area contributed by atoms with Crippen molar-refractivity contribution in [3.8, 4) is 0 Å². The molecule has 3 fully saturated rings. The van der Waals surface area contributed by atoms with E-state index in [0.29, 0.717) is 18.9 Å². The molecule has 22 heavy (non-hydrogen) atoms. The molecule has 5 heteroatoms. The van der Waals surface area contributed by atoms with Crippen LogP contribution in [0, 0.1) is 11.8 Å². The van der Waals surface area contributed by atoms with Crippen LogP contribution in [0.5, 0.6) is 0 Å². The van der Waals surface area contributed by atoms with E-state index in [1.54, 1.807) is 4.90 Å². The fraction of sp³-hybridized carbons (Fsp3) is 0.882. The van der Waals surface area contributed by atoms with Crippen molar-refractivity contribution in [2.24, 2.45) is 11.8 Å². The van der Waals surface area contributed by atoms with Gasteiger partial charge in [-0.15, -0.1) is 0 Å². The number of carboxylic acid groups (broad SMARTS) is 1. The molecule has 4 atom stereocenters. The van der Waals surface area contributed by atoms with Gasteiger partial charge in [0.1, 0.15) is 12.1 Å². The van der Waals surface area contributed by atoms with Gasteiger partial charge in [-0.25, -0.2) is 4.79 Å². The summed E-state index contributed by atoms with van der Waals surface area (Å²) in [7, 11) is 0. The SMILES string of the molecule is CCC(OC1CCCC1)C(=O)N1CC2CCCC2C1C(=O)O. The minimum atomic E-state index is -0.849. The van der Waals surface area contributed by atoms with E-state index in [2.05, 4.69) is 0 Å². The Balaban J connectivity index is 1.70. The van der Waals surface area contributed by atoms with Gasteiger partial charge in [0.25, 0.3) is 5.91 Å². The molecule has 1 N–H and O–H groups in total. The van der Waals surface area contributed by atoms with Gasteiger partial charge in [-0.1, -0.05) is 26.2 Å². The molecular weight excluding hydrogens is 282 g/mol. The molecule has 0 aromatic heterocycles. The molecule has 0 aromatic rings. The van der Waals surface area contributed by atoms with E-state index >= 15 is 0 Å². The highest BCUT2D eigenvalue weighted by atomic mass is 16.5. The fourth-order valence-electron chi connectivity index (χ4n) is 4.62. The van der Waals surface area contributed by atoms with Crippen LogP contribution in [-0.4, -0.2) is 46.7 Å². The van der Waals surface area contributed by atoms with Crippen LogP contribution in [0.4, 0.5) is 0 Å². The van der Waals surface area contributed by atoms with Crippen molar-refractivity contribution in [1.29, 1.82) is 0 Å². The third kappa shape index (κ3) is 2.87. The number of carbonyl (C=O) groups is 2. The summed E-state index contributed by atoms with van der Waals surface area (Å²) < 4.78 is 6.00. The number of aliphatic carboxylic acids is 1. The van der Waals surface area contributed by atoms with Crippen LogP contribution in [0.15, 0.2) is 0 Å². The van der Waals surface area contributed by atoms with Crippen LogP contribution in [-0.2, 0) is 14.3 Å². The Hall–Kier alpha value is -1.10. The standard InChI is InChI=1S/C17H27NO4/c1-2-14(22-12-7-3-4-8-12)16(19)18-10-11-6-5-9-13(11)15(18)17(20)21/h11-15H,2-10H2,1H3,(H,20,21). The first-order valence-corrected chi connectivity index (χ1v) is 8.80. The zero-order chi connectivity index (χ0) is 15.7. The zero-order valence-corrected chi connectivity index (χ0v) is 13.4. The molecule has 124 valence electrons. The monoisotopic (exact) mass is 309 g/mol. The quantitative estimate of drug-likeness (QED) is 0.847. The molecule has 1 saturated heterocycles. The number of likely N-dealkylation sites (tertiary alicyclic amines) is 1. The molecule has 0 spiro atoms. The van der Waals surface area contributed by atoms with E-state index in [4.69, 9.17) is 4.74 Å². The van der Waals surface area contributed by atoms with Crippen LogP contribution in [0.2, 0.25) is 0 Å². The summed E-state index contributed by atoms with van der Waals surface area (Å²) in [5.41, 5.74) is 0. The molecule has 1 heterocycles. The fourth-order valence-corrected chi connectivity index (χ4v) is 4.62. The van der Waals surface area contributed by atoms with Crippen LogP contribution in [0.3, 0.4) is 0 Å². The van der Waals surface area contributed by atoms with E-state index in [1.807, 2.05) is 6.92 Å². The van der Waals surface area contributed by atoms with Crippen molar-refractivity contribution >= 4 is 11.9 Å². The average Bonchev–Trinajstić information content (AvgIpc) is 3.19. The molecule has 1 amide bonds. The Morgan fingerprint density at radius 2 is 1.91 bits per heavy atom. The van der Waals surface area contributed by atoms with Crippen molar-refractivity contribution in [2.75, 3.05) is 6.54 Å². The van der Waals surface area contributed by atoms with Crippen LogP contribution < -0.4 is 0 Å². The van der Waals surface area contributed by atoms with E-state index in [-0.39, 0.29) is 17.9 Å². The van der Waals surface area contributed by atoms with Gasteiger partial charge in [-0.2, -0.15) is 0 Å². The number of hydrogen-bond acceptors (Lipinski definition) is 3. The number of ether oxygens (including phenoxy) is 1. The van der Waals surface area contributed by atoms with E-state index in [1.165, 1.54) is 12.8 Å². The Bertz CT molecular complexity index is 432. The minimum absolute atomic E-state index is 0.101. The highest BCUT2D eigenvalue weighted by molar-refractivity contribution is 5.87. The maximum Gasteiger partial charge on any atom is 0.326 e. The second kappa shape index (κ2) is 6.57. The smallest absolute Gasteiger partial charge is 0.326 e. The average molecular weight is 309 g/mol. The second-order valence-corrected chi connectivity index (χ2v) is 7.07. The van der Waals surface area contributed by atoms with Gasteiger partial charge in [0.05, 0.1) is 6.10 Å². The number of rotatable bonds is 5. The lowest BCUT2D eigenvalue weighted by atomic mass is 9.94. The van der Waals surface area contributed by atoms with Crippen molar-refractivity contribution in [3.05, 3.63) is 0 Å². The summed E-state index contributed by atoms with van der Waals surface area (Å²) in [4.78, 5) is 26.1. The summed E-state index contributed by atoms with van der Waals surface area (Å²) in [6.45, 7) is 2.55. The van der Waals surface area contributed by atoms with Crippen LogP contribution >= 0.6 is 0 Å². The number of fused-ring (bicyclic) bond motifs is 1. The van der Waals surface area contributed by atoms with Gasteiger partial charge >= 0.3 is 5.97 Å². The van der Waals surface area contributed by atoms with Crippen LogP contribution in [0.25, 0.3) is 0 Å². The molecular formula is C17H27NO4. The lowest BCUT2D eigenvalue weighted by Crippen LogP contribution is -2.48. The maximum absolute atomic E-state index is 12.8. The summed E-state index contributed by atoms with van der Waals surface area (Å²) in [5.74, 6) is -0.436. The summed E-state index contributed by atoms with van der Waals surface area (Å²) in [6, 6.07) is -0.638. The molecule has 2 saturated carbocycles. The second-order valence-electron chi connectivity index (χ2n) is 7.07. The maximum atomic E-state index is 12.8. The number of nitrogens with zero attached hydrogens (tertiary/aromatic N) is 1. The van der Waals surface area contributed by atoms with Crippen molar-refractivity contribution < 1.29 is 19.4 Å². The number of hydrogen-bond donors (Lipinski definition) is 1. The third-order valence-corrected chi connectivity index (χ3v) is 5.73. The van der Waals surface area contributed by atoms with Gasteiger partial charge in [-0.3, -0.25) is 4.79 Å². The van der Waals surface area contributed by atoms with E-state index in [0.717, 1.165) is 32.1 Å². The Labute approximate surface area is 132 Å². The molecule has 2 aliphatic carbocycles. The largest absolute Gasteiger partial charge is 0.480 e. The van der Waals surface area contributed by atoms with Crippen molar-refractivity contribution in [2.45, 2.75) is 76.5 Å². The highest BCUT2D eigenvalue weighted by Gasteiger charge is 2.50. The summed E-state index contributed by atoms with van der Waals surface area (Å²) >= 11 is 0. The predicted molar refractivity (Wildman–Crippen MR) is 81.4 cm³/mol. The Morgan fingerprint density at radius 3 is 2.55 bits per heavy atom. The zero-order valence-electron chi connectivity index (χ0n) is 13.4. The summed E-state index contributed by atoms with van der Waals surface area (Å²) in [5, 5.41) is 9.58. The third-order valence-electron chi connectivity index (χ3n) is 5.73. The highest BCUT2D eigenvalue weighted by Crippen LogP contribution is 2.42. The minimum Gasteiger partial charge on any atom is -0.480 e. The summed E-state index contributed by atoms with van der Waals surface area (Å²) in [6.07, 6.45) is 7.80. The van der Waals surface area contributed by atoms with Gasteiger partial charge in [0.2, 0.25) is 0 Å². The van der Waals surface area contributed by atoms with E-state index in [9.17, 15) is 14.7 Å². The molecule has 3 rings (SSSR count). The predicted octanol–water partition coefficient (Wildman–Crippen LogP) is 2.44. The van der Waals surface area contributed by atoms with Gasteiger partial charge in [0.15, 0.2) is 0 Å². The topological polar surface area (TPSA) is 66.8 Å². The van der Waals surface area contributed by atoms with Crippen LogP contribution in [0.1, 0.15) is 58.3 Å². The molecule has 4 unspecified atom stereocenters. The first-order valence-electron chi connectivity index (χ1n) is 8.80. The molecule has 0 radical (unpaired) electrons. The first kappa shape index (κ1) is 15.8. The van der Waals surface area contributed by atoms with Gasteiger partial charge in [0, 0.05) is 6.54 Å². The van der Waals surface area contributed by atoms with Gasteiger partial charge in [-0.05, 0) is 43.9 Å². The van der Waals surface area contributed by atoms with Gasteiger partial charge < -0.3 is 14.7 Å². The molecule has 1 aliphatic heterocycles. The first-order chi connectivity index (χ1) is 10.6. The molecule has 0 bridgehead atoms. The number of amides is 1. The molecule has 3 aliphatic rings. The molecule has 0 aromatic carbocycles. The molecule has 5 nitrogen and oxygen atoms in total. The van der Waals surface area contributed by atoms with E-state index < -0.39 is 18.1 Å². The Kier molecular flexibility index (Phi) is 4.71. The Morgan fingerprint density at radius 1 is 1.18 bits per heavy atom. The lowest BCUT2D eigenvalue weighted by Gasteiger charge is -2.29. The number of carboxylic acids is 1. The van der Waals surface area contributed by atoms with Crippen molar-refractivity contribution in [3.63, 3.8) is 0 Å². The van der Waals surface area contributed by atoms with Crippen molar-refractivity contribution in [1.82, 2.24) is 4.90 Å². The lowest BCUT2D eigenvalue weighted by molar-refractivity contribution is -0.157.